The monoisotopic (exact) mass is 356 g/mol. The number of benzene rings is 1. The first-order valence-electron chi connectivity index (χ1n) is 8.76. The molecule has 24 heavy (non-hydrogen) atoms. The summed E-state index contributed by atoms with van der Waals surface area (Å²) in [4.78, 5) is 1.49. The zero-order valence-electron chi connectivity index (χ0n) is 14.7. The van der Waals surface area contributed by atoms with Crippen LogP contribution in [0.15, 0.2) is 18.2 Å². The molecule has 4 atom stereocenters. The summed E-state index contributed by atoms with van der Waals surface area (Å²) >= 11 is 5.95. The van der Waals surface area contributed by atoms with Crippen LogP contribution in [-0.4, -0.2) is 36.9 Å². The summed E-state index contributed by atoms with van der Waals surface area (Å²) in [6.45, 7) is 9.09. The Morgan fingerprint density at radius 2 is 2.12 bits per heavy atom. The SMILES string of the molecule is CC1(C)C[C@@H]2C[C@@](C)(C[NH+]2C[C@H](O)COc2ccc(F)cc2Cl)C1. The summed E-state index contributed by atoms with van der Waals surface area (Å²) in [5, 5.41) is 10.6. The van der Waals surface area contributed by atoms with Gasteiger partial charge in [-0.1, -0.05) is 32.4 Å². The van der Waals surface area contributed by atoms with Crippen LogP contribution in [-0.2, 0) is 0 Å². The molecule has 1 aromatic carbocycles. The van der Waals surface area contributed by atoms with Gasteiger partial charge in [-0.05, 0) is 30.0 Å². The van der Waals surface area contributed by atoms with Crippen LogP contribution in [0.2, 0.25) is 5.02 Å². The molecule has 0 amide bonds. The van der Waals surface area contributed by atoms with Gasteiger partial charge >= 0.3 is 0 Å². The lowest BCUT2D eigenvalue weighted by atomic mass is 9.65. The molecule has 0 radical (unpaired) electrons. The molecule has 0 aromatic heterocycles. The number of ether oxygens (including phenoxy) is 1. The molecule has 1 saturated heterocycles. The number of likely N-dealkylation sites (tertiary alicyclic amines) is 1. The van der Waals surface area contributed by atoms with Gasteiger partial charge in [0.05, 0.1) is 17.6 Å². The molecule has 1 aliphatic carbocycles. The van der Waals surface area contributed by atoms with Crippen molar-refractivity contribution in [2.45, 2.75) is 52.2 Å². The quantitative estimate of drug-likeness (QED) is 0.850. The fourth-order valence-electron chi connectivity index (χ4n) is 5.13. The van der Waals surface area contributed by atoms with Gasteiger partial charge in [0.15, 0.2) is 0 Å². The molecule has 3 nitrogen and oxygen atoms in total. The summed E-state index contributed by atoms with van der Waals surface area (Å²) in [5.41, 5.74) is 0.783. The maximum absolute atomic E-state index is 13.0. The van der Waals surface area contributed by atoms with Gasteiger partial charge in [0.2, 0.25) is 0 Å². The van der Waals surface area contributed by atoms with Crippen molar-refractivity contribution in [3.8, 4) is 5.75 Å². The highest BCUT2D eigenvalue weighted by atomic mass is 35.5. The Morgan fingerprint density at radius 3 is 2.83 bits per heavy atom. The van der Waals surface area contributed by atoms with E-state index >= 15 is 0 Å². The van der Waals surface area contributed by atoms with E-state index in [1.165, 1.54) is 42.4 Å². The third-order valence-corrected chi connectivity index (χ3v) is 5.79. The van der Waals surface area contributed by atoms with Gasteiger partial charge in [0.1, 0.15) is 30.8 Å². The van der Waals surface area contributed by atoms with Gasteiger partial charge in [0.25, 0.3) is 0 Å². The number of aliphatic hydroxyl groups excluding tert-OH is 1. The van der Waals surface area contributed by atoms with Gasteiger partial charge in [-0.3, -0.25) is 0 Å². The first kappa shape index (κ1) is 18.0. The van der Waals surface area contributed by atoms with Crippen LogP contribution in [0.3, 0.4) is 0 Å². The third-order valence-electron chi connectivity index (χ3n) is 5.50. The van der Waals surface area contributed by atoms with Gasteiger partial charge in [-0.25, -0.2) is 4.39 Å². The van der Waals surface area contributed by atoms with Crippen LogP contribution in [0.5, 0.6) is 5.75 Å². The lowest BCUT2D eigenvalue weighted by molar-refractivity contribution is -0.917. The fraction of sp³-hybridized carbons (Fsp3) is 0.684. The van der Waals surface area contributed by atoms with E-state index in [9.17, 15) is 9.50 Å². The predicted octanol–water partition coefficient (Wildman–Crippen LogP) is 2.70. The van der Waals surface area contributed by atoms with E-state index < -0.39 is 11.9 Å². The lowest BCUT2D eigenvalue weighted by Crippen LogP contribution is -3.15. The van der Waals surface area contributed by atoms with Crippen molar-refractivity contribution in [1.82, 2.24) is 0 Å². The first-order chi connectivity index (χ1) is 11.2. The Kier molecular flexibility index (Phi) is 4.84. The molecule has 1 aliphatic heterocycles. The Morgan fingerprint density at radius 1 is 1.38 bits per heavy atom. The van der Waals surface area contributed by atoms with Crippen LogP contribution in [0.1, 0.15) is 40.0 Å². The highest BCUT2D eigenvalue weighted by Crippen LogP contribution is 2.47. The van der Waals surface area contributed by atoms with Crippen molar-refractivity contribution >= 4 is 11.6 Å². The average Bonchev–Trinajstić information content (AvgIpc) is 2.66. The molecular formula is C19H28ClFNO2+. The second-order valence-corrected chi connectivity index (χ2v) is 9.24. The Hall–Kier alpha value is -0.840. The van der Waals surface area contributed by atoms with Crippen LogP contribution in [0, 0.1) is 16.6 Å². The molecule has 2 bridgehead atoms. The molecule has 134 valence electrons. The van der Waals surface area contributed by atoms with E-state index in [0.29, 0.717) is 29.2 Å². The minimum atomic E-state index is -0.549. The molecule has 2 aliphatic rings. The van der Waals surface area contributed by atoms with Crippen molar-refractivity contribution in [2.75, 3.05) is 19.7 Å². The van der Waals surface area contributed by atoms with Crippen LogP contribution in [0.4, 0.5) is 4.39 Å². The summed E-state index contributed by atoms with van der Waals surface area (Å²) in [7, 11) is 0. The number of fused-ring (bicyclic) bond motifs is 2. The van der Waals surface area contributed by atoms with Crippen LogP contribution in [0.25, 0.3) is 0 Å². The molecular weight excluding hydrogens is 329 g/mol. The number of quaternary nitrogens is 1. The highest BCUT2D eigenvalue weighted by Gasteiger charge is 2.52. The van der Waals surface area contributed by atoms with Crippen LogP contribution >= 0.6 is 11.6 Å². The molecule has 1 saturated carbocycles. The zero-order chi connectivity index (χ0) is 17.5. The standard InChI is InChI=1S/C19H27ClFNO2/c1-18(2)7-14-8-19(3,11-18)12-22(14)9-15(23)10-24-17-5-4-13(21)6-16(17)20/h4-6,14-15,23H,7-12H2,1-3H3/p+1/t14-,15+,19-/m1/s1. The van der Waals surface area contributed by atoms with E-state index in [1.807, 2.05) is 0 Å². The second-order valence-electron chi connectivity index (χ2n) is 8.84. The molecule has 2 fully saturated rings. The normalized spacial score (nSPS) is 32.6. The minimum absolute atomic E-state index is 0.182. The Labute approximate surface area is 148 Å². The second kappa shape index (κ2) is 6.47. The number of hydrogen-bond acceptors (Lipinski definition) is 2. The van der Waals surface area contributed by atoms with E-state index in [0.717, 1.165) is 6.54 Å². The maximum atomic E-state index is 13.0. The van der Waals surface area contributed by atoms with Gasteiger partial charge in [-0.2, -0.15) is 0 Å². The maximum Gasteiger partial charge on any atom is 0.138 e. The van der Waals surface area contributed by atoms with E-state index in [-0.39, 0.29) is 11.6 Å². The number of rotatable bonds is 5. The largest absolute Gasteiger partial charge is 0.489 e. The molecule has 2 N–H and O–H groups in total. The van der Waals surface area contributed by atoms with Crippen molar-refractivity contribution in [3.05, 3.63) is 29.0 Å². The number of hydrogen-bond donors (Lipinski definition) is 2. The molecule has 1 heterocycles. The van der Waals surface area contributed by atoms with Gasteiger partial charge in [-0.15, -0.1) is 0 Å². The first-order valence-corrected chi connectivity index (χ1v) is 9.14. The van der Waals surface area contributed by atoms with Crippen molar-refractivity contribution in [1.29, 1.82) is 0 Å². The topological polar surface area (TPSA) is 33.9 Å². The zero-order valence-corrected chi connectivity index (χ0v) is 15.5. The van der Waals surface area contributed by atoms with Gasteiger partial charge < -0.3 is 14.7 Å². The summed E-state index contributed by atoms with van der Waals surface area (Å²) in [6.07, 6.45) is 3.18. The molecule has 5 heteroatoms. The third kappa shape index (κ3) is 4.04. The van der Waals surface area contributed by atoms with Crippen molar-refractivity contribution < 1.29 is 19.1 Å². The number of halogens is 2. The van der Waals surface area contributed by atoms with E-state index in [1.54, 1.807) is 0 Å². The van der Waals surface area contributed by atoms with Gasteiger partial charge in [0, 0.05) is 18.3 Å². The minimum Gasteiger partial charge on any atom is -0.489 e. The number of aliphatic hydroxyl groups is 1. The molecule has 3 rings (SSSR count). The molecule has 1 unspecified atom stereocenters. The average molecular weight is 357 g/mol. The Balaban J connectivity index is 1.55. The van der Waals surface area contributed by atoms with Crippen molar-refractivity contribution in [2.24, 2.45) is 10.8 Å². The smallest absolute Gasteiger partial charge is 0.138 e. The van der Waals surface area contributed by atoms with E-state index in [4.69, 9.17) is 16.3 Å². The van der Waals surface area contributed by atoms with Crippen molar-refractivity contribution in [3.63, 3.8) is 0 Å². The Bertz CT molecular complexity index is 609. The molecule has 0 spiro atoms. The molecule has 1 aromatic rings. The summed E-state index contributed by atoms with van der Waals surface area (Å²) in [5.74, 6) is 0.0259. The fourth-order valence-corrected chi connectivity index (χ4v) is 5.35. The summed E-state index contributed by atoms with van der Waals surface area (Å²) in [6, 6.07) is 4.67. The lowest BCUT2D eigenvalue weighted by Gasteiger charge is -2.37. The number of nitrogens with one attached hydrogen (secondary N) is 1. The summed E-state index contributed by atoms with van der Waals surface area (Å²) < 4.78 is 18.6. The predicted molar refractivity (Wildman–Crippen MR) is 93.1 cm³/mol. The van der Waals surface area contributed by atoms with E-state index in [2.05, 4.69) is 20.8 Å². The van der Waals surface area contributed by atoms with Crippen LogP contribution < -0.4 is 9.64 Å². The highest BCUT2D eigenvalue weighted by molar-refractivity contribution is 6.32.